The lowest BCUT2D eigenvalue weighted by molar-refractivity contribution is 1.08. The summed E-state index contributed by atoms with van der Waals surface area (Å²) in [6.07, 6.45) is 0. The van der Waals surface area contributed by atoms with Crippen molar-refractivity contribution in [3.8, 4) is 67.5 Å². The molecule has 0 spiro atoms. The van der Waals surface area contributed by atoms with Gasteiger partial charge in [-0.15, -0.1) is 11.3 Å². The first-order chi connectivity index (χ1) is 25.3. The molecule has 11 rings (SSSR count). The molecule has 4 heteroatoms. The Balaban J connectivity index is 1.09. The Hall–Kier alpha value is -6.49. The highest BCUT2D eigenvalue weighted by Crippen LogP contribution is 2.51. The molecule has 0 saturated heterocycles. The van der Waals surface area contributed by atoms with E-state index in [9.17, 15) is 0 Å². The van der Waals surface area contributed by atoms with Crippen LogP contribution >= 0.6 is 11.3 Å². The number of aromatic nitrogens is 3. The summed E-state index contributed by atoms with van der Waals surface area (Å²) in [6, 6.07) is 58.4. The second-order valence-corrected chi connectivity index (χ2v) is 14.2. The highest BCUT2D eigenvalue weighted by atomic mass is 32.1. The molecule has 3 nitrogen and oxygen atoms in total. The summed E-state index contributed by atoms with van der Waals surface area (Å²) in [7, 11) is 0. The molecule has 1 aliphatic carbocycles. The fourth-order valence-corrected chi connectivity index (χ4v) is 9.07. The molecular formula is C47H27N3S. The minimum Gasteiger partial charge on any atom is -0.208 e. The molecule has 0 aliphatic heterocycles. The SMILES string of the molecule is c1ccc(-c2nc(-c3ccc(-c4cccc5ccccc45)cc3)nc(-c3cccc4sc5cc6c(cc5c34)-c3cccc4cccc-6c34)n2)cc1. The van der Waals surface area contributed by atoms with Crippen LogP contribution in [0, 0.1) is 0 Å². The second kappa shape index (κ2) is 11.0. The van der Waals surface area contributed by atoms with Gasteiger partial charge >= 0.3 is 0 Å². The van der Waals surface area contributed by atoms with Crippen molar-refractivity contribution in [2.45, 2.75) is 0 Å². The first kappa shape index (κ1) is 28.4. The van der Waals surface area contributed by atoms with Crippen LogP contribution in [0.15, 0.2) is 164 Å². The van der Waals surface area contributed by atoms with E-state index < -0.39 is 0 Å². The summed E-state index contributed by atoms with van der Waals surface area (Å²) in [6.45, 7) is 0. The van der Waals surface area contributed by atoms with Crippen molar-refractivity contribution >= 4 is 53.1 Å². The Morgan fingerprint density at radius 3 is 1.67 bits per heavy atom. The van der Waals surface area contributed by atoms with Crippen LogP contribution in [0.2, 0.25) is 0 Å². The Bertz CT molecular complexity index is 3010. The van der Waals surface area contributed by atoms with Gasteiger partial charge < -0.3 is 0 Å². The molecule has 10 aromatic rings. The molecule has 0 bridgehead atoms. The van der Waals surface area contributed by atoms with Crippen LogP contribution in [0.25, 0.3) is 109 Å². The van der Waals surface area contributed by atoms with Crippen molar-refractivity contribution < 1.29 is 0 Å². The standard InChI is InChI=1S/C47H27N3S/c1-2-11-31(12-3-1)45-48-46(32-24-22-29(23-25-32)34-17-6-13-28-10-4-5-16-33(28)34)50-47(49-45)37-20-9-21-41-44(37)40-26-38-35-18-7-14-30-15-8-19-36(43(30)35)39(38)27-42(40)51-41/h1-27H. The van der Waals surface area contributed by atoms with E-state index in [1.807, 2.05) is 29.5 Å². The number of nitrogens with zero attached hydrogens (tertiary/aromatic N) is 3. The van der Waals surface area contributed by atoms with Gasteiger partial charge in [0.1, 0.15) is 0 Å². The molecule has 0 N–H and O–H groups in total. The second-order valence-electron chi connectivity index (χ2n) is 13.2. The van der Waals surface area contributed by atoms with Crippen LogP contribution in [0.4, 0.5) is 0 Å². The van der Waals surface area contributed by atoms with Gasteiger partial charge in [0.2, 0.25) is 0 Å². The fourth-order valence-electron chi connectivity index (χ4n) is 7.91. The Kier molecular flexibility index (Phi) is 6.12. The average Bonchev–Trinajstić information content (AvgIpc) is 3.73. The van der Waals surface area contributed by atoms with Gasteiger partial charge in [0, 0.05) is 36.9 Å². The zero-order valence-corrected chi connectivity index (χ0v) is 28.2. The highest BCUT2D eigenvalue weighted by molar-refractivity contribution is 7.26. The van der Waals surface area contributed by atoms with Crippen LogP contribution in [0.3, 0.4) is 0 Å². The van der Waals surface area contributed by atoms with Gasteiger partial charge in [0.15, 0.2) is 17.5 Å². The lowest BCUT2D eigenvalue weighted by Crippen LogP contribution is -2.00. The zero-order chi connectivity index (χ0) is 33.5. The van der Waals surface area contributed by atoms with E-state index >= 15 is 0 Å². The van der Waals surface area contributed by atoms with E-state index in [0.717, 1.165) is 22.3 Å². The topological polar surface area (TPSA) is 38.7 Å². The maximum atomic E-state index is 5.21. The third-order valence-electron chi connectivity index (χ3n) is 10.3. The number of fused-ring (bicyclic) bond motifs is 7. The monoisotopic (exact) mass is 665 g/mol. The van der Waals surface area contributed by atoms with Crippen molar-refractivity contribution in [2.75, 3.05) is 0 Å². The molecule has 51 heavy (non-hydrogen) atoms. The van der Waals surface area contributed by atoms with Crippen LogP contribution < -0.4 is 0 Å². The summed E-state index contributed by atoms with van der Waals surface area (Å²) in [5.74, 6) is 1.99. The predicted molar refractivity (Wildman–Crippen MR) is 214 cm³/mol. The normalized spacial score (nSPS) is 11.9. The first-order valence-electron chi connectivity index (χ1n) is 17.2. The van der Waals surface area contributed by atoms with Crippen LogP contribution in [0.1, 0.15) is 0 Å². The van der Waals surface area contributed by atoms with Gasteiger partial charge in [-0.2, -0.15) is 0 Å². The van der Waals surface area contributed by atoms with E-state index in [0.29, 0.717) is 17.5 Å². The summed E-state index contributed by atoms with van der Waals surface area (Å²) in [5, 5.41) is 7.52. The molecule has 0 atom stereocenters. The molecule has 236 valence electrons. The zero-order valence-electron chi connectivity index (χ0n) is 27.3. The summed E-state index contributed by atoms with van der Waals surface area (Å²) >= 11 is 1.83. The highest BCUT2D eigenvalue weighted by Gasteiger charge is 2.24. The van der Waals surface area contributed by atoms with Gasteiger partial charge in [-0.25, -0.2) is 15.0 Å². The molecule has 8 aromatic carbocycles. The van der Waals surface area contributed by atoms with E-state index in [1.54, 1.807) is 0 Å². The lowest BCUT2D eigenvalue weighted by atomic mass is 9.97. The van der Waals surface area contributed by atoms with Crippen molar-refractivity contribution in [3.05, 3.63) is 164 Å². The van der Waals surface area contributed by atoms with E-state index in [4.69, 9.17) is 15.0 Å². The molecule has 2 aromatic heterocycles. The third-order valence-corrected chi connectivity index (χ3v) is 11.4. The summed E-state index contributed by atoms with van der Waals surface area (Å²) in [5.41, 5.74) is 10.5. The van der Waals surface area contributed by atoms with Crippen LogP contribution in [-0.2, 0) is 0 Å². The number of hydrogen-bond donors (Lipinski definition) is 0. The maximum Gasteiger partial charge on any atom is 0.164 e. The largest absolute Gasteiger partial charge is 0.208 e. The number of benzene rings is 8. The lowest BCUT2D eigenvalue weighted by Gasteiger charge is -2.11. The van der Waals surface area contributed by atoms with E-state index in [2.05, 4.69) is 146 Å². The first-order valence-corrected chi connectivity index (χ1v) is 18.0. The van der Waals surface area contributed by atoms with Gasteiger partial charge in [0.25, 0.3) is 0 Å². The fraction of sp³-hybridized carbons (Fsp3) is 0. The minimum absolute atomic E-state index is 0.655. The van der Waals surface area contributed by atoms with E-state index in [-0.39, 0.29) is 0 Å². The van der Waals surface area contributed by atoms with Crippen molar-refractivity contribution in [1.82, 2.24) is 15.0 Å². The molecule has 0 amide bonds. The Labute approximate surface area is 298 Å². The number of rotatable bonds is 4. The number of hydrogen-bond acceptors (Lipinski definition) is 4. The molecule has 0 fully saturated rings. The predicted octanol–water partition coefficient (Wildman–Crippen LogP) is 12.9. The number of thiophene rings is 1. The van der Waals surface area contributed by atoms with Crippen molar-refractivity contribution in [3.63, 3.8) is 0 Å². The van der Waals surface area contributed by atoms with Crippen molar-refractivity contribution in [2.24, 2.45) is 0 Å². The molecule has 0 radical (unpaired) electrons. The van der Waals surface area contributed by atoms with Gasteiger partial charge in [-0.05, 0) is 73.1 Å². The van der Waals surface area contributed by atoms with Crippen molar-refractivity contribution in [1.29, 1.82) is 0 Å². The quantitative estimate of drug-likeness (QED) is 0.188. The Morgan fingerprint density at radius 1 is 0.314 bits per heavy atom. The molecule has 2 heterocycles. The van der Waals surface area contributed by atoms with E-state index in [1.165, 1.54) is 69.5 Å². The summed E-state index contributed by atoms with van der Waals surface area (Å²) in [4.78, 5) is 15.4. The minimum atomic E-state index is 0.655. The van der Waals surface area contributed by atoms with Gasteiger partial charge in [-0.3, -0.25) is 0 Å². The molecule has 0 unspecified atom stereocenters. The maximum absolute atomic E-state index is 5.21. The molecule has 0 saturated carbocycles. The third kappa shape index (κ3) is 4.40. The van der Waals surface area contributed by atoms with Gasteiger partial charge in [-0.1, -0.05) is 146 Å². The summed E-state index contributed by atoms with van der Waals surface area (Å²) < 4.78 is 2.49. The molecule has 1 aliphatic rings. The van der Waals surface area contributed by atoms with Crippen LogP contribution in [0.5, 0.6) is 0 Å². The molecular weight excluding hydrogens is 639 g/mol. The van der Waals surface area contributed by atoms with Crippen LogP contribution in [-0.4, -0.2) is 15.0 Å². The Morgan fingerprint density at radius 2 is 0.882 bits per heavy atom. The smallest absolute Gasteiger partial charge is 0.164 e. The average molecular weight is 666 g/mol. The van der Waals surface area contributed by atoms with Gasteiger partial charge in [0.05, 0.1) is 0 Å².